The average Bonchev–Trinajstić information content (AvgIpc) is 3.76. The van der Waals surface area contributed by atoms with Gasteiger partial charge in [-0.25, -0.2) is 22.6 Å². The van der Waals surface area contributed by atoms with E-state index in [1.165, 1.54) is 10.7 Å². The van der Waals surface area contributed by atoms with Crippen molar-refractivity contribution in [3.05, 3.63) is 89.7 Å². The summed E-state index contributed by atoms with van der Waals surface area (Å²) >= 11 is 6.40. The van der Waals surface area contributed by atoms with Gasteiger partial charge in [-0.15, -0.1) is 5.10 Å². The maximum atomic E-state index is 14.7. The Morgan fingerprint density at radius 3 is 2.20 bits per heavy atom. The lowest BCUT2D eigenvalue weighted by Gasteiger charge is -2.29. The van der Waals surface area contributed by atoms with Crippen LogP contribution in [0.3, 0.4) is 0 Å². The number of hydrogen-bond donors (Lipinski definition) is 4. The van der Waals surface area contributed by atoms with Gasteiger partial charge in [0.15, 0.2) is 11.5 Å². The fraction of sp³-hybridized carbons (Fsp3) is 0.342. The number of nitrogens with zero attached hydrogens (tertiary/aromatic N) is 7. The molecule has 18 heteroatoms. The zero-order valence-electron chi connectivity index (χ0n) is 30.2. The molecule has 4 heterocycles. The first-order valence-electron chi connectivity index (χ1n) is 18.3. The predicted molar refractivity (Wildman–Crippen MR) is 207 cm³/mol. The van der Waals surface area contributed by atoms with Crippen molar-refractivity contribution in [1.29, 1.82) is 0 Å². The number of nitrogens with one attached hydrogen (secondary N) is 3. The summed E-state index contributed by atoms with van der Waals surface area (Å²) in [7, 11) is -3.30. The van der Waals surface area contributed by atoms with Gasteiger partial charge in [-0.1, -0.05) is 38.5 Å². The monoisotopic (exact) mass is 807 g/mol. The van der Waals surface area contributed by atoms with Crippen LogP contribution in [0.2, 0.25) is 5.02 Å². The van der Waals surface area contributed by atoms with Crippen molar-refractivity contribution in [1.82, 2.24) is 28.9 Å². The third-order valence-electron chi connectivity index (χ3n) is 10.4. The molecule has 0 amide bonds. The van der Waals surface area contributed by atoms with Gasteiger partial charge in [0.2, 0.25) is 15.7 Å². The van der Waals surface area contributed by atoms with Gasteiger partial charge in [-0.2, -0.15) is 17.7 Å². The third kappa shape index (κ3) is 8.15. The Labute approximate surface area is 325 Å². The molecule has 0 bridgehead atoms. The van der Waals surface area contributed by atoms with E-state index in [-0.39, 0.29) is 29.4 Å². The minimum atomic E-state index is -4.67. The van der Waals surface area contributed by atoms with Crippen LogP contribution in [0.25, 0.3) is 39.5 Å². The highest BCUT2D eigenvalue weighted by atomic mass is 35.5. The summed E-state index contributed by atoms with van der Waals surface area (Å²) in [6, 6.07) is 18.2. The lowest BCUT2D eigenvalue weighted by atomic mass is 9.92. The van der Waals surface area contributed by atoms with Crippen molar-refractivity contribution < 1.29 is 31.4 Å². The molecule has 6 aromatic rings. The molecule has 4 aromatic heterocycles. The number of aromatic nitrogens is 6. The first kappa shape index (κ1) is 37.7. The molecule has 0 radical (unpaired) electrons. The van der Waals surface area contributed by atoms with Crippen LogP contribution in [0, 0.1) is 0 Å². The van der Waals surface area contributed by atoms with E-state index in [2.05, 4.69) is 25.5 Å². The zero-order valence-corrected chi connectivity index (χ0v) is 31.8. The molecule has 0 unspecified atom stereocenters. The topological polar surface area (TPSA) is 154 Å². The van der Waals surface area contributed by atoms with Gasteiger partial charge in [-0.3, -0.25) is 0 Å². The largest absolute Gasteiger partial charge is 0.416 e. The van der Waals surface area contributed by atoms with Gasteiger partial charge < -0.3 is 15.8 Å². The van der Waals surface area contributed by atoms with Crippen molar-refractivity contribution in [3.63, 3.8) is 0 Å². The number of hydrogen-bond acceptors (Lipinski definition) is 9. The number of alkyl halides is 3. The summed E-state index contributed by atoms with van der Waals surface area (Å²) < 4.78 is 74.9. The summed E-state index contributed by atoms with van der Waals surface area (Å²) in [4.78, 5) is 4.46. The number of benzene rings is 2. The molecule has 0 aliphatic heterocycles. The Morgan fingerprint density at radius 2 is 1.52 bits per heavy atom. The summed E-state index contributed by atoms with van der Waals surface area (Å²) in [5.74, 6) is 1.11. The maximum Gasteiger partial charge on any atom is 0.416 e. The van der Waals surface area contributed by atoms with Crippen LogP contribution in [0.15, 0.2) is 84.3 Å². The molecule has 2 aliphatic rings. The molecule has 2 aromatic carbocycles. The van der Waals surface area contributed by atoms with Crippen LogP contribution < -0.4 is 19.9 Å². The van der Waals surface area contributed by atoms with Crippen LogP contribution >= 0.6 is 11.6 Å². The number of anilines is 2. The standard InChI is InChI=1S/C38H38ClF3N10O3S/c1-56(54,55)49-30-11-7-28(8-12-30)44-34-13-15-36-43-21-32(51(36)46-34)24-17-25(38(40,41)42)20-31(19-24)50-22-33(23-3-2-4-26(39)18-23)52-37(50)16-14-35(47-52)45-27-5-9-29(48-53)10-6-27/h2-4,13-22,27-28,30,49H,5-12H2,1H3,(H2-,44,45,46,47,53)/p+1. The highest BCUT2D eigenvalue weighted by Gasteiger charge is 2.34. The van der Waals surface area contributed by atoms with E-state index in [0.29, 0.717) is 77.9 Å². The van der Waals surface area contributed by atoms with Gasteiger partial charge in [0, 0.05) is 40.3 Å². The zero-order chi connectivity index (χ0) is 39.2. The Hall–Kier alpha value is -5.26. The lowest BCUT2D eigenvalue weighted by Crippen LogP contribution is -2.39. The smallest absolute Gasteiger partial charge is 0.411 e. The highest BCUT2D eigenvalue weighted by molar-refractivity contribution is 7.88. The highest BCUT2D eigenvalue weighted by Crippen LogP contribution is 2.35. The molecule has 13 nitrogen and oxygen atoms in total. The third-order valence-corrected chi connectivity index (χ3v) is 11.4. The fourth-order valence-electron chi connectivity index (χ4n) is 7.63. The molecule has 4 N–H and O–H groups in total. The van der Waals surface area contributed by atoms with Gasteiger partial charge in [0.1, 0.15) is 17.7 Å². The van der Waals surface area contributed by atoms with E-state index in [1.54, 1.807) is 57.7 Å². The van der Waals surface area contributed by atoms with E-state index in [0.717, 1.165) is 42.5 Å². The number of fused-ring (bicyclic) bond motifs is 2. The van der Waals surface area contributed by atoms with E-state index >= 15 is 0 Å². The summed E-state index contributed by atoms with van der Waals surface area (Å²) in [6.45, 7) is 0. The molecule has 292 valence electrons. The summed E-state index contributed by atoms with van der Waals surface area (Å²) in [5, 5.41) is 29.6. The second kappa shape index (κ2) is 15.0. The van der Waals surface area contributed by atoms with E-state index in [1.807, 2.05) is 12.1 Å². The Kier molecular flexibility index (Phi) is 10.1. The quantitative estimate of drug-likeness (QED) is 0.0685. The molecular weight excluding hydrogens is 769 g/mol. The van der Waals surface area contributed by atoms with Gasteiger partial charge in [-0.05, 0) is 99.9 Å². The summed E-state index contributed by atoms with van der Waals surface area (Å²) in [6.07, 6.45) is 5.36. The molecule has 0 saturated heterocycles. The minimum absolute atomic E-state index is 0.0402. The molecule has 0 atom stereocenters. The Morgan fingerprint density at radius 1 is 0.839 bits per heavy atom. The first-order valence-corrected chi connectivity index (χ1v) is 20.5. The fourth-order valence-corrected chi connectivity index (χ4v) is 8.66. The molecule has 0 spiro atoms. The number of halogens is 4. The van der Waals surface area contributed by atoms with Crippen LogP contribution in [-0.4, -0.2) is 67.9 Å². The predicted octanol–water partition coefficient (Wildman–Crippen LogP) is 7.12. The number of oxime groups is 1. The second-order valence-corrected chi connectivity index (χ2v) is 16.7. The van der Waals surface area contributed by atoms with Crippen LogP contribution in [0.4, 0.5) is 24.8 Å². The normalized spacial score (nSPS) is 19.4. The van der Waals surface area contributed by atoms with Crippen molar-refractivity contribution in [3.8, 4) is 28.2 Å². The lowest BCUT2D eigenvalue weighted by molar-refractivity contribution is -0.566. The number of imidazole rings is 2. The second-order valence-electron chi connectivity index (χ2n) is 14.4. The Bertz CT molecular complexity index is 2560. The first-order chi connectivity index (χ1) is 26.8. The van der Waals surface area contributed by atoms with Crippen molar-refractivity contribution in [2.45, 2.75) is 75.7 Å². The maximum absolute atomic E-state index is 14.7. The Balaban J connectivity index is 1.16. The minimum Gasteiger partial charge on any atom is -0.411 e. The SMILES string of the molecule is CS(=O)(=O)NC1CCC(Nc2ccc3ncc(-c4cc(-[n+]5cc(-c6cccc(Cl)c6)n6nc(NC7CCC(=NO)CC7)ccc65)cc(C(F)(F)F)c4)n3n2)CC1. The van der Waals surface area contributed by atoms with Gasteiger partial charge in [0.25, 0.3) is 0 Å². The average molecular weight is 808 g/mol. The summed E-state index contributed by atoms with van der Waals surface area (Å²) in [5.41, 5.74) is 3.07. The molecule has 8 rings (SSSR count). The van der Waals surface area contributed by atoms with Gasteiger partial charge >= 0.3 is 11.8 Å². The van der Waals surface area contributed by atoms with Crippen molar-refractivity contribution in [2.75, 3.05) is 16.9 Å². The van der Waals surface area contributed by atoms with Crippen molar-refractivity contribution >= 4 is 50.3 Å². The molecule has 2 saturated carbocycles. The van der Waals surface area contributed by atoms with E-state index in [9.17, 15) is 21.6 Å². The van der Waals surface area contributed by atoms with Gasteiger partial charge in [0.05, 0.1) is 29.4 Å². The molecule has 2 aliphatic carbocycles. The molecule has 56 heavy (non-hydrogen) atoms. The number of sulfonamides is 1. The van der Waals surface area contributed by atoms with Crippen LogP contribution in [0.5, 0.6) is 0 Å². The van der Waals surface area contributed by atoms with Crippen LogP contribution in [-0.2, 0) is 16.2 Å². The van der Waals surface area contributed by atoms with Crippen molar-refractivity contribution in [2.24, 2.45) is 5.16 Å². The number of rotatable bonds is 9. The molecular formula is C38H39ClF3N10O3S+. The van der Waals surface area contributed by atoms with Crippen LogP contribution in [0.1, 0.15) is 56.9 Å². The molecule has 2 fully saturated rings. The van der Waals surface area contributed by atoms with E-state index < -0.39 is 21.8 Å². The van der Waals surface area contributed by atoms with E-state index in [4.69, 9.17) is 27.0 Å².